The summed E-state index contributed by atoms with van der Waals surface area (Å²) in [5.41, 5.74) is -0.608. The average Bonchev–Trinajstić information content (AvgIpc) is 1.99. The summed E-state index contributed by atoms with van der Waals surface area (Å²) in [6, 6.07) is 0. The van der Waals surface area contributed by atoms with E-state index < -0.39 is 5.60 Å². The molecule has 74 valence electrons. The Morgan fingerprint density at radius 1 is 1.08 bits per heavy atom. The molecule has 0 rings (SSSR count). The third-order valence-electron chi connectivity index (χ3n) is 2.73. The van der Waals surface area contributed by atoms with Crippen LogP contribution >= 0.6 is 0 Å². The molecule has 2 nitrogen and oxygen atoms in total. The van der Waals surface area contributed by atoms with Crippen LogP contribution in [0.3, 0.4) is 0 Å². The van der Waals surface area contributed by atoms with Gasteiger partial charge in [0.2, 0.25) is 0 Å². The van der Waals surface area contributed by atoms with Crippen LogP contribution in [-0.2, 0) is 0 Å². The van der Waals surface area contributed by atoms with Gasteiger partial charge in [0, 0.05) is 6.61 Å². The summed E-state index contributed by atoms with van der Waals surface area (Å²) in [5, 5.41) is 18.9. The van der Waals surface area contributed by atoms with Gasteiger partial charge in [-0.05, 0) is 24.7 Å². The molecule has 0 bridgehead atoms. The molecular formula is C10H22O2. The highest BCUT2D eigenvalue weighted by atomic mass is 16.3. The van der Waals surface area contributed by atoms with Crippen LogP contribution in [0.1, 0.15) is 40.5 Å². The van der Waals surface area contributed by atoms with E-state index in [0.717, 1.165) is 0 Å². The summed E-state index contributed by atoms with van der Waals surface area (Å²) in [7, 11) is 0. The summed E-state index contributed by atoms with van der Waals surface area (Å²) in [6.07, 6.45) is 1.38. The maximum Gasteiger partial charge on any atom is 0.0694 e. The largest absolute Gasteiger partial charge is 0.396 e. The smallest absolute Gasteiger partial charge is 0.0694 e. The van der Waals surface area contributed by atoms with Crippen LogP contribution in [0.25, 0.3) is 0 Å². The number of hydrogen-bond acceptors (Lipinski definition) is 2. The summed E-state index contributed by atoms with van der Waals surface area (Å²) in [5.74, 6) is 0.507. The minimum atomic E-state index is -0.608. The van der Waals surface area contributed by atoms with Gasteiger partial charge in [-0.2, -0.15) is 0 Å². The Morgan fingerprint density at radius 2 is 1.50 bits per heavy atom. The molecule has 2 N–H and O–H groups in total. The third kappa shape index (κ3) is 2.76. The molecule has 2 heteroatoms. The Kier molecular flexibility index (Phi) is 4.80. The van der Waals surface area contributed by atoms with Gasteiger partial charge >= 0.3 is 0 Å². The highest BCUT2D eigenvalue weighted by Gasteiger charge is 2.33. The van der Waals surface area contributed by atoms with Crippen molar-refractivity contribution in [2.75, 3.05) is 6.61 Å². The molecule has 0 spiro atoms. The topological polar surface area (TPSA) is 40.5 Å². The highest BCUT2D eigenvalue weighted by molar-refractivity contribution is 4.84. The maximum atomic E-state index is 10.2. The van der Waals surface area contributed by atoms with Gasteiger partial charge in [-0.3, -0.25) is 0 Å². The van der Waals surface area contributed by atoms with Crippen molar-refractivity contribution in [3.8, 4) is 0 Å². The summed E-state index contributed by atoms with van der Waals surface area (Å²) >= 11 is 0. The fourth-order valence-corrected chi connectivity index (χ4v) is 1.61. The molecule has 0 aliphatic rings. The van der Waals surface area contributed by atoms with E-state index in [2.05, 4.69) is 0 Å². The molecule has 0 atom stereocenters. The molecule has 12 heavy (non-hydrogen) atoms. The van der Waals surface area contributed by atoms with Gasteiger partial charge in [0.1, 0.15) is 0 Å². The molecule has 0 aromatic heterocycles. The maximum absolute atomic E-state index is 10.2. The Balaban J connectivity index is 4.19. The first-order valence-corrected chi connectivity index (χ1v) is 4.78. The molecule has 0 unspecified atom stereocenters. The first-order valence-electron chi connectivity index (χ1n) is 4.78. The summed E-state index contributed by atoms with van der Waals surface area (Å²) in [4.78, 5) is 0. The van der Waals surface area contributed by atoms with Crippen molar-refractivity contribution in [3.05, 3.63) is 0 Å². The van der Waals surface area contributed by atoms with Gasteiger partial charge < -0.3 is 10.2 Å². The average molecular weight is 174 g/mol. The molecular weight excluding hydrogens is 152 g/mol. The number of hydrogen-bond donors (Lipinski definition) is 2. The first kappa shape index (κ1) is 11.9. The zero-order valence-electron chi connectivity index (χ0n) is 8.67. The van der Waals surface area contributed by atoms with Crippen LogP contribution in [0.2, 0.25) is 0 Å². The SMILES string of the molecule is CC(C)C(O)(CCCO)C(C)C. The van der Waals surface area contributed by atoms with Crippen molar-refractivity contribution in [1.29, 1.82) is 0 Å². The third-order valence-corrected chi connectivity index (χ3v) is 2.73. The Morgan fingerprint density at radius 3 is 1.75 bits per heavy atom. The van der Waals surface area contributed by atoms with E-state index in [-0.39, 0.29) is 18.4 Å². The monoisotopic (exact) mass is 174 g/mol. The summed E-state index contributed by atoms with van der Waals surface area (Å²) < 4.78 is 0. The molecule has 0 aliphatic heterocycles. The van der Waals surface area contributed by atoms with E-state index in [1.165, 1.54) is 0 Å². The van der Waals surface area contributed by atoms with Gasteiger partial charge in [0.05, 0.1) is 5.60 Å². The Bertz CT molecular complexity index is 111. The van der Waals surface area contributed by atoms with Gasteiger partial charge in [-0.25, -0.2) is 0 Å². The van der Waals surface area contributed by atoms with Crippen molar-refractivity contribution >= 4 is 0 Å². The Labute approximate surface area is 75.6 Å². The van der Waals surface area contributed by atoms with E-state index in [1.54, 1.807) is 0 Å². The predicted octanol–water partition coefficient (Wildman–Crippen LogP) is 1.80. The number of rotatable bonds is 5. The summed E-state index contributed by atoms with van der Waals surface area (Å²) in [6.45, 7) is 8.27. The minimum Gasteiger partial charge on any atom is -0.396 e. The second-order valence-corrected chi connectivity index (χ2v) is 4.13. The Hall–Kier alpha value is -0.0800. The van der Waals surface area contributed by atoms with Crippen molar-refractivity contribution in [2.24, 2.45) is 11.8 Å². The van der Waals surface area contributed by atoms with Crippen LogP contribution in [0.4, 0.5) is 0 Å². The molecule has 0 fully saturated rings. The fraction of sp³-hybridized carbons (Fsp3) is 1.00. The zero-order chi connectivity index (χ0) is 9.78. The van der Waals surface area contributed by atoms with Gasteiger partial charge in [-0.15, -0.1) is 0 Å². The molecule has 0 aromatic carbocycles. The van der Waals surface area contributed by atoms with E-state index in [9.17, 15) is 5.11 Å². The molecule has 0 amide bonds. The lowest BCUT2D eigenvalue weighted by Crippen LogP contribution is -2.40. The minimum absolute atomic E-state index is 0.168. The van der Waals surface area contributed by atoms with E-state index in [0.29, 0.717) is 12.8 Å². The number of aliphatic hydroxyl groups is 2. The van der Waals surface area contributed by atoms with Crippen LogP contribution in [-0.4, -0.2) is 22.4 Å². The normalized spacial score (nSPS) is 13.0. The molecule has 0 heterocycles. The van der Waals surface area contributed by atoms with Crippen LogP contribution < -0.4 is 0 Å². The molecule has 0 radical (unpaired) electrons. The van der Waals surface area contributed by atoms with E-state index in [4.69, 9.17) is 5.11 Å². The van der Waals surface area contributed by atoms with Crippen LogP contribution in [0.5, 0.6) is 0 Å². The number of aliphatic hydroxyl groups excluding tert-OH is 1. The fourth-order valence-electron chi connectivity index (χ4n) is 1.61. The molecule has 0 saturated heterocycles. The second kappa shape index (κ2) is 4.83. The van der Waals surface area contributed by atoms with Gasteiger partial charge in [0.25, 0.3) is 0 Å². The quantitative estimate of drug-likeness (QED) is 0.667. The van der Waals surface area contributed by atoms with Crippen LogP contribution in [0, 0.1) is 11.8 Å². The molecule has 0 saturated carbocycles. The lowest BCUT2D eigenvalue weighted by molar-refractivity contribution is -0.0575. The first-order chi connectivity index (χ1) is 5.45. The lowest BCUT2D eigenvalue weighted by atomic mass is 9.77. The molecule has 0 aromatic rings. The molecule has 0 aliphatic carbocycles. The predicted molar refractivity (Wildman–Crippen MR) is 50.9 cm³/mol. The van der Waals surface area contributed by atoms with Gasteiger partial charge in [0.15, 0.2) is 0 Å². The second-order valence-electron chi connectivity index (χ2n) is 4.13. The van der Waals surface area contributed by atoms with Crippen molar-refractivity contribution in [1.82, 2.24) is 0 Å². The van der Waals surface area contributed by atoms with Crippen molar-refractivity contribution in [3.63, 3.8) is 0 Å². The lowest BCUT2D eigenvalue weighted by Gasteiger charge is -2.36. The van der Waals surface area contributed by atoms with Crippen molar-refractivity contribution < 1.29 is 10.2 Å². The zero-order valence-corrected chi connectivity index (χ0v) is 8.67. The van der Waals surface area contributed by atoms with Gasteiger partial charge in [-0.1, -0.05) is 27.7 Å². The highest BCUT2D eigenvalue weighted by Crippen LogP contribution is 2.30. The van der Waals surface area contributed by atoms with Crippen molar-refractivity contribution in [2.45, 2.75) is 46.1 Å². The van der Waals surface area contributed by atoms with E-state index in [1.807, 2.05) is 27.7 Å². The van der Waals surface area contributed by atoms with E-state index >= 15 is 0 Å². The van der Waals surface area contributed by atoms with Crippen LogP contribution in [0.15, 0.2) is 0 Å². The standard InChI is InChI=1S/C10H22O2/c1-8(2)10(12,9(3)4)6-5-7-11/h8-9,11-12H,5-7H2,1-4H3.